The second-order valence-electron chi connectivity index (χ2n) is 11.6. The summed E-state index contributed by atoms with van der Waals surface area (Å²) in [5.41, 5.74) is 0.876. The number of rotatable bonds is 6. The number of carbonyl (C=O) groups is 1. The minimum Gasteiger partial charge on any atom is -0.444 e. The van der Waals surface area contributed by atoms with Crippen LogP contribution in [0.3, 0.4) is 0 Å². The SMILES string of the molecule is Cc1c(NC[C@@]2(NC(=O)OC(C)(C)C)CCC[C@@H]2O[Si](C)(C)C(C)(C)C)ccc(C#N)c1Cl. The molecule has 1 fully saturated rings. The molecule has 0 unspecified atom stereocenters. The maximum absolute atomic E-state index is 12.9. The van der Waals surface area contributed by atoms with Gasteiger partial charge >= 0.3 is 6.09 Å². The summed E-state index contributed by atoms with van der Waals surface area (Å²) in [7, 11) is -2.07. The van der Waals surface area contributed by atoms with Crippen LogP contribution in [0, 0.1) is 18.3 Å². The monoisotopic (exact) mass is 493 g/mol. The van der Waals surface area contributed by atoms with Gasteiger partial charge in [0.25, 0.3) is 0 Å². The fourth-order valence-electron chi connectivity index (χ4n) is 3.86. The zero-order valence-corrected chi connectivity index (χ0v) is 23.4. The van der Waals surface area contributed by atoms with Crippen molar-refractivity contribution in [2.75, 3.05) is 11.9 Å². The zero-order chi connectivity index (χ0) is 25.2. The molecule has 2 N–H and O–H groups in total. The van der Waals surface area contributed by atoms with Crippen molar-refractivity contribution < 1.29 is 14.0 Å². The van der Waals surface area contributed by atoms with E-state index in [9.17, 15) is 10.1 Å². The number of benzene rings is 1. The summed E-state index contributed by atoms with van der Waals surface area (Å²) in [6.45, 7) is 19.1. The predicted octanol–water partition coefficient (Wildman–Crippen LogP) is 6.77. The van der Waals surface area contributed by atoms with Crippen LogP contribution in [0.25, 0.3) is 0 Å². The number of hydrogen-bond donors (Lipinski definition) is 2. The van der Waals surface area contributed by atoms with Crippen molar-refractivity contribution in [2.24, 2.45) is 0 Å². The Balaban J connectivity index is 2.36. The van der Waals surface area contributed by atoms with Crippen LogP contribution in [-0.2, 0) is 9.16 Å². The van der Waals surface area contributed by atoms with E-state index in [1.807, 2.05) is 33.8 Å². The average Bonchev–Trinajstić information content (AvgIpc) is 3.02. The number of alkyl carbamates (subject to hydrolysis) is 1. The van der Waals surface area contributed by atoms with Gasteiger partial charge in [0.1, 0.15) is 11.7 Å². The van der Waals surface area contributed by atoms with Gasteiger partial charge < -0.3 is 19.8 Å². The zero-order valence-electron chi connectivity index (χ0n) is 21.6. The number of nitrogens with one attached hydrogen (secondary N) is 2. The van der Waals surface area contributed by atoms with Crippen molar-refractivity contribution in [1.29, 1.82) is 5.26 Å². The van der Waals surface area contributed by atoms with Gasteiger partial charge in [-0.1, -0.05) is 32.4 Å². The van der Waals surface area contributed by atoms with Gasteiger partial charge in [0, 0.05) is 12.2 Å². The van der Waals surface area contributed by atoms with Gasteiger partial charge in [0.15, 0.2) is 8.32 Å². The van der Waals surface area contributed by atoms with E-state index in [4.69, 9.17) is 20.8 Å². The van der Waals surface area contributed by atoms with Crippen LogP contribution < -0.4 is 10.6 Å². The Morgan fingerprint density at radius 2 is 1.91 bits per heavy atom. The highest BCUT2D eigenvalue weighted by Crippen LogP contribution is 2.42. The molecule has 0 aliphatic heterocycles. The molecule has 1 aliphatic carbocycles. The molecule has 0 aromatic heterocycles. The molecule has 1 amide bonds. The lowest BCUT2D eigenvalue weighted by Gasteiger charge is -2.44. The first-order valence-corrected chi connectivity index (χ1v) is 14.9. The molecule has 33 heavy (non-hydrogen) atoms. The van der Waals surface area contributed by atoms with Crippen molar-refractivity contribution in [3.05, 3.63) is 28.3 Å². The first kappa shape index (κ1) is 27.5. The molecular formula is C25H40ClN3O3Si. The number of hydrogen-bond acceptors (Lipinski definition) is 5. The first-order chi connectivity index (χ1) is 15.0. The van der Waals surface area contributed by atoms with Crippen molar-refractivity contribution in [1.82, 2.24) is 5.32 Å². The molecule has 2 rings (SSSR count). The first-order valence-electron chi connectivity index (χ1n) is 11.6. The van der Waals surface area contributed by atoms with Gasteiger partial charge in [-0.05, 0) is 82.8 Å². The highest BCUT2D eigenvalue weighted by molar-refractivity contribution is 6.74. The lowest BCUT2D eigenvalue weighted by Crippen LogP contribution is -2.62. The van der Waals surface area contributed by atoms with E-state index in [1.165, 1.54) is 0 Å². The molecule has 0 heterocycles. The Morgan fingerprint density at radius 3 is 2.45 bits per heavy atom. The maximum atomic E-state index is 12.9. The molecule has 8 heteroatoms. The number of nitriles is 1. The number of amides is 1. The molecule has 0 saturated heterocycles. The molecule has 2 atom stereocenters. The van der Waals surface area contributed by atoms with Crippen molar-refractivity contribution >= 4 is 31.7 Å². The summed E-state index contributed by atoms with van der Waals surface area (Å²) >= 11 is 6.38. The quantitative estimate of drug-likeness (QED) is 0.427. The standard InChI is InChI=1S/C25H40ClN3O3Si/c1-17-19(13-12-18(15-27)21(17)26)28-16-25(29-22(30)31-23(2,3)4)14-10-11-20(25)32-33(8,9)24(5,6)7/h12-13,20,28H,10-11,14,16H2,1-9H3,(H,29,30)/t20-,25-/m0/s1. The van der Waals surface area contributed by atoms with Crippen LogP contribution in [0.4, 0.5) is 10.5 Å². The summed E-state index contributed by atoms with van der Waals surface area (Å²) in [4.78, 5) is 12.9. The van der Waals surface area contributed by atoms with E-state index < -0.39 is 25.6 Å². The lowest BCUT2D eigenvalue weighted by molar-refractivity contribution is 0.0340. The average molecular weight is 494 g/mol. The molecule has 1 aromatic carbocycles. The van der Waals surface area contributed by atoms with Crippen LogP contribution in [0.5, 0.6) is 0 Å². The molecule has 6 nitrogen and oxygen atoms in total. The summed E-state index contributed by atoms with van der Waals surface area (Å²) in [6.07, 6.45) is 2.03. The number of ether oxygens (including phenoxy) is 1. The van der Waals surface area contributed by atoms with Gasteiger partial charge in [0.05, 0.1) is 22.2 Å². The molecule has 1 aliphatic rings. The normalized spacial score (nSPS) is 21.4. The van der Waals surface area contributed by atoms with Gasteiger partial charge in [-0.3, -0.25) is 0 Å². The van der Waals surface area contributed by atoms with Crippen LogP contribution >= 0.6 is 11.6 Å². The van der Waals surface area contributed by atoms with Crippen LogP contribution in [0.15, 0.2) is 12.1 Å². The van der Waals surface area contributed by atoms with E-state index in [0.717, 1.165) is 30.5 Å². The molecule has 0 bridgehead atoms. The molecule has 184 valence electrons. The summed E-state index contributed by atoms with van der Waals surface area (Å²) in [5.74, 6) is 0. The molecule has 1 saturated carbocycles. The second kappa shape index (κ2) is 9.85. The Bertz CT molecular complexity index is 915. The fourth-order valence-corrected chi connectivity index (χ4v) is 5.47. The number of carbonyl (C=O) groups excluding carboxylic acids is 1. The third-order valence-corrected chi connectivity index (χ3v) is 11.8. The Kier molecular flexibility index (Phi) is 8.21. The third kappa shape index (κ3) is 6.65. The minimum atomic E-state index is -2.07. The van der Waals surface area contributed by atoms with Gasteiger partial charge in [-0.25, -0.2) is 4.79 Å². The van der Waals surface area contributed by atoms with Gasteiger partial charge in [-0.2, -0.15) is 5.26 Å². The molecule has 0 radical (unpaired) electrons. The Morgan fingerprint density at radius 1 is 1.27 bits per heavy atom. The van der Waals surface area contributed by atoms with Gasteiger partial charge in [0.2, 0.25) is 0 Å². The van der Waals surface area contributed by atoms with Crippen molar-refractivity contribution in [3.63, 3.8) is 0 Å². The highest BCUT2D eigenvalue weighted by atomic mass is 35.5. The largest absolute Gasteiger partial charge is 0.444 e. The summed E-state index contributed by atoms with van der Waals surface area (Å²) in [6, 6.07) is 5.69. The smallest absolute Gasteiger partial charge is 0.408 e. The van der Waals surface area contributed by atoms with Crippen LogP contribution in [-0.4, -0.2) is 38.2 Å². The van der Waals surface area contributed by atoms with Crippen LogP contribution in [0.1, 0.15) is 71.9 Å². The fraction of sp³-hybridized carbons (Fsp3) is 0.680. The topological polar surface area (TPSA) is 83.4 Å². The second-order valence-corrected chi connectivity index (χ2v) is 16.7. The molecule has 0 spiro atoms. The van der Waals surface area contributed by atoms with E-state index in [2.05, 4.69) is 50.6 Å². The Labute approximate surface area is 205 Å². The molecular weight excluding hydrogens is 454 g/mol. The summed E-state index contributed by atoms with van der Waals surface area (Å²) in [5, 5.41) is 16.4. The third-order valence-electron chi connectivity index (χ3n) is 6.80. The number of anilines is 1. The Hall–Kier alpha value is -1.75. The lowest BCUT2D eigenvalue weighted by atomic mass is 9.94. The number of nitrogens with zero attached hydrogens (tertiary/aromatic N) is 1. The van der Waals surface area contributed by atoms with E-state index in [0.29, 0.717) is 17.1 Å². The van der Waals surface area contributed by atoms with Crippen LogP contribution in [0.2, 0.25) is 23.2 Å². The maximum Gasteiger partial charge on any atom is 0.408 e. The number of halogens is 1. The minimum absolute atomic E-state index is 0.0535. The highest BCUT2D eigenvalue weighted by Gasteiger charge is 2.50. The van der Waals surface area contributed by atoms with E-state index in [-0.39, 0.29) is 11.1 Å². The summed E-state index contributed by atoms with van der Waals surface area (Å²) < 4.78 is 12.5. The van der Waals surface area contributed by atoms with E-state index >= 15 is 0 Å². The van der Waals surface area contributed by atoms with Crippen molar-refractivity contribution in [3.8, 4) is 6.07 Å². The predicted molar refractivity (Wildman–Crippen MR) is 137 cm³/mol. The molecule has 1 aromatic rings. The van der Waals surface area contributed by atoms with E-state index in [1.54, 1.807) is 6.07 Å². The van der Waals surface area contributed by atoms with Crippen molar-refractivity contribution in [2.45, 2.75) is 103 Å². The van der Waals surface area contributed by atoms with Gasteiger partial charge in [-0.15, -0.1) is 0 Å².